The van der Waals surface area contributed by atoms with E-state index in [1.54, 1.807) is 24.4 Å². The summed E-state index contributed by atoms with van der Waals surface area (Å²) >= 11 is 13.4. The number of amides is 1. The Bertz CT molecular complexity index is 858. The van der Waals surface area contributed by atoms with Crippen molar-refractivity contribution in [3.8, 4) is 0 Å². The van der Waals surface area contributed by atoms with E-state index in [-0.39, 0.29) is 12.1 Å². The van der Waals surface area contributed by atoms with E-state index in [9.17, 15) is 9.59 Å². The van der Waals surface area contributed by atoms with Gasteiger partial charge < -0.3 is 10.1 Å². The fourth-order valence-corrected chi connectivity index (χ4v) is 3.21. The van der Waals surface area contributed by atoms with Crippen molar-refractivity contribution in [1.82, 2.24) is 9.38 Å². The molecule has 1 amide bonds. The quantitative estimate of drug-likeness (QED) is 0.685. The molecule has 124 valence electrons. The minimum Gasteiger partial charge on any atom is -0.455 e. The molecule has 0 radical (unpaired) electrons. The second-order valence-electron chi connectivity index (χ2n) is 4.81. The van der Waals surface area contributed by atoms with Gasteiger partial charge in [-0.1, -0.05) is 29.3 Å². The number of carbonyl (C=O) groups excluding carboxylic acids is 2. The van der Waals surface area contributed by atoms with Crippen molar-refractivity contribution < 1.29 is 14.3 Å². The molecule has 9 heteroatoms. The normalized spacial score (nSPS) is 10.8. The first-order chi connectivity index (χ1) is 11.5. The number of imidazole rings is 1. The molecule has 3 rings (SSSR count). The van der Waals surface area contributed by atoms with Gasteiger partial charge in [0.1, 0.15) is 0 Å². The number of aromatic nitrogens is 2. The Morgan fingerprint density at radius 1 is 1.29 bits per heavy atom. The summed E-state index contributed by atoms with van der Waals surface area (Å²) in [6.45, 7) is -0.428. The number of hydrogen-bond acceptors (Lipinski definition) is 5. The topological polar surface area (TPSA) is 72.7 Å². The summed E-state index contributed by atoms with van der Waals surface area (Å²) in [6.07, 6.45) is 3.59. The number of thiazole rings is 1. The van der Waals surface area contributed by atoms with Gasteiger partial charge in [0.25, 0.3) is 5.91 Å². The second kappa shape index (κ2) is 7.21. The number of esters is 1. The van der Waals surface area contributed by atoms with Gasteiger partial charge in [-0.25, -0.2) is 4.98 Å². The van der Waals surface area contributed by atoms with Crippen molar-refractivity contribution >= 4 is 57.1 Å². The van der Waals surface area contributed by atoms with Crippen LogP contribution in [0.15, 0.2) is 36.0 Å². The van der Waals surface area contributed by atoms with E-state index in [1.165, 1.54) is 11.3 Å². The third kappa shape index (κ3) is 3.87. The van der Waals surface area contributed by atoms with Crippen LogP contribution in [0.3, 0.4) is 0 Å². The predicted octanol–water partition coefficient (Wildman–Crippen LogP) is 3.43. The molecule has 0 spiro atoms. The Balaban J connectivity index is 1.52. The van der Waals surface area contributed by atoms with Crippen molar-refractivity contribution in [3.05, 3.63) is 51.7 Å². The van der Waals surface area contributed by atoms with Crippen LogP contribution in [-0.2, 0) is 20.7 Å². The lowest BCUT2D eigenvalue weighted by molar-refractivity contribution is -0.146. The van der Waals surface area contributed by atoms with E-state index in [2.05, 4.69) is 10.3 Å². The van der Waals surface area contributed by atoms with Crippen LogP contribution in [0.4, 0.5) is 5.69 Å². The number of rotatable bonds is 5. The van der Waals surface area contributed by atoms with Gasteiger partial charge >= 0.3 is 5.97 Å². The smallest absolute Gasteiger partial charge is 0.312 e. The van der Waals surface area contributed by atoms with Crippen LogP contribution in [-0.4, -0.2) is 27.9 Å². The molecule has 6 nitrogen and oxygen atoms in total. The van der Waals surface area contributed by atoms with Crippen molar-refractivity contribution in [2.75, 3.05) is 11.9 Å². The molecule has 0 aliphatic heterocycles. The summed E-state index contributed by atoms with van der Waals surface area (Å²) in [6, 6.07) is 4.86. The number of para-hydroxylation sites is 1. The number of ether oxygens (including phenoxy) is 1. The van der Waals surface area contributed by atoms with Gasteiger partial charge in [-0.15, -0.1) is 11.3 Å². The maximum atomic E-state index is 11.8. The molecule has 0 bridgehead atoms. The van der Waals surface area contributed by atoms with E-state index in [1.807, 2.05) is 16.0 Å². The molecule has 0 unspecified atom stereocenters. The van der Waals surface area contributed by atoms with E-state index in [0.717, 1.165) is 4.96 Å². The molecule has 1 N–H and O–H groups in total. The summed E-state index contributed by atoms with van der Waals surface area (Å²) in [5.74, 6) is -1.06. The van der Waals surface area contributed by atoms with Gasteiger partial charge in [-0.2, -0.15) is 0 Å². The highest BCUT2D eigenvalue weighted by Gasteiger charge is 2.13. The molecular weight excluding hydrogens is 373 g/mol. The molecular formula is C15H11Cl2N3O3S. The highest BCUT2D eigenvalue weighted by atomic mass is 35.5. The Morgan fingerprint density at radius 2 is 2.04 bits per heavy atom. The fraction of sp³-hybridized carbons (Fsp3) is 0.133. The Kier molecular flexibility index (Phi) is 5.03. The summed E-state index contributed by atoms with van der Waals surface area (Å²) in [5, 5.41) is 5.03. The Morgan fingerprint density at radius 3 is 2.75 bits per heavy atom. The number of nitrogens with zero attached hydrogens (tertiary/aromatic N) is 2. The average molecular weight is 384 g/mol. The fourth-order valence-electron chi connectivity index (χ4n) is 2.00. The predicted molar refractivity (Wildman–Crippen MR) is 92.8 cm³/mol. The molecule has 0 fully saturated rings. The van der Waals surface area contributed by atoms with Gasteiger partial charge in [0, 0.05) is 17.8 Å². The van der Waals surface area contributed by atoms with Crippen molar-refractivity contribution in [2.24, 2.45) is 0 Å². The van der Waals surface area contributed by atoms with Gasteiger partial charge in [0.15, 0.2) is 11.6 Å². The number of carbonyl (C=O) groups is 2. The minimum absolute atomic E-state index is 0.00543. The number of hydrogen-bond donors (Lipinski definition) is 1. The third-order valence-electron chi connectivity index (χ3n) is 3.06. The SMILES string of the molecule is O=C(COC(=O)Cc1cn2ccsc2n1)Nc1c(Cl)cccc1Cl. The largest absolute Gasteiger partial charge is 0.455 e. The maximum absolute atomic E-state index is 11.8. The average Bonchev–Trinajstić information content (AvgIpc) is 3.10. The van der Waals surface area contributed by atoms with Crippen LogP contribution in [0.25, 0.3) is 4.96 Å². The molecule has 1 aromatic carbocycles. The van der Waals surface area contributed by atoms with Crippen LogP contribution < -0.4 is 5.32 Å². The van der Waals surface area contributed by atoms with Crippen LogP contribution in [0.1, 0.15) is 5.69 Å². The van der Waals surface area contributed by atoms with Gasteiger partial charge in [0.2, 0.25) is 0 Å². The molecule has 2 heterocycles. The maximum Gasteiger partial charge on any atom is 0.312 e. The van der Waals surface area contributed by atoms with Crippen molar-refractivity contribution in [3.63, 3.8) is 0 Å². The van der Waals surface area contributed by atoms with E-state index >= 15 is 0 Å². The number of halogens is 2. The van der Waals surface area contributed by atoms with Crippen molar-refractivity contribution in [1.29, 1.82) is 0 Å². The highest BCUT2D eigenvalue weighted by Crippen LogP contribution is 2.29. The molecule has 2 aromatic heterocycles. The Hall–Kier alpha value is -2.09. The number of fused-ring (bicyclic) bond motifs is 1. The van der Waals surface area contributed by atoms with Gasteiger partial charge in [-0.3, -0.25) is 14.0 Å². The lowest BCUT2D eigenvalue weighted by atomic mass is 10.3. The first-order valence-corrected chi connectivity index (χ1v) is 8.47. The van der Waals surface area contributed by atoms with E-state index in [0.29, 0.717) is 15.7 Å². The Labute approximate surface area is 151 Å². The molecule has 24 heavy (non-hydrogen) atoms. The number of nitrogens with one attached hydrogen (secondary N) is 1. The summed E-state index contributed by atoms with van der Waals surface area (Å²) in [7, 11) is 0. The standard InChI is InChI=1S/C15H11Cl2N3O3S/c16-10-2-1-3-11(17)14(10)19-12(21)8-23-13(22)6-9-7-20-4-5-24-15(20)18-9/h1-5,7H,6,8H2,(H,19,21). The lowest BCUT2D eigenvalue weighted by Gasteiger charge is -2.09. The zero-order chi connectivity index (χ0) is 17.1. The second-order valence-corrected chi connectivity index (χ2v) is 6.49. The number of benzene rings is 1. The van der Waals surface area contributed by atoms with E-state index < -0.39 is 18.5 Å². The van der Waals surface area contributed by atoms with Crippen LogP contribution in [0.5, 0.6) is 0 Å². The first kappa shape index (κ1) is 16.8. The lowest BCUT2D eigenvalue weighted by Crippen LogP contribution is -2.22. The molecule has 3 aromatic rings. The molecule has 0 atom stereocenters. The van der Waals surface area contributed by atoms with Gasteiger partial charge in [0.05, 0.1) is 27.8 Å². The summed E-state index contributed by atoms with van der Waals surface area (Å²) in [4.78, 5) is 28.7. The molecule has 0 saturated heterocycles. The van der Waals surface area contributed by atoms with Crippen LogP contribution in [0, 0.1) is 0 Å². The summed E-state index contributed by atoms with van der Waals surface area (Å²) < 4.78 is 6.77. The van der Waals surface area contributed by atoms with Crippen LogP contribution >= 0.6 is 34.5 Å². The molecule has 0 saturated carbocycles. The third-order valence-corrected chi connectivity index (χ3v) is 4.46. The molecule has 0 aliphatic rings. The van der Waals surface area contributed by atoms with Crippen molar-refractivity contribution in [2.45, 2.75) is 6.42 Å². The monoisotopic (exact) mass is 383 g/mol. The summed E-state index contributed by atoms with van der Waals surface area (Å²) in [5.41, 5.74) is 0.873. The van der Waals surface area contributed by atoms with E-state index in [4.69, 9.17) is 27.9 Å². The first-order valence-electron chi connectivity index (χ1n) is 6.83. The zero-order valence-corrected chi connectivity index (χ0v) is 14.5. The minimum atomic E-state index is -0.541. The zero-order valence-electron chi connectivity index (χ0n) is 12.2. The van der Waals surface area contributed by atoms with Gasteiger partial charge in [-0.05, 0) is 12.1 Å². The highest BCUT2D eigenvalue weighted by molar-refractivity contribution is 7.15. The number of anilines is 1. The van der Waals surface area contributed by atoms with Crippen LogP contribution in [0.2, 0.25) is 10.0 Å². The molecule has 0 aliphatic carbocycles.